The summed E-state index contributed by atoms with van der Waals surface area (Å²) >= 11 is 0. The van der Waals surface area contributed by atoms with Gasteiger partial charge in [-0.2, -0.15) is 0 Å². The van der Waals surface area contributed by atoms with E-state index in [1.54, 1.807) is 7.11 Å². The summed E-state index contributed by atoms with van der Waals surface area (Å²) in [5.74, 6) is 0.637. The molecule has 3 heterocycles. The minimum absolute atomic E-state index is 0.106. The molecule has 17 heavy (non-hydrogen) atoms. The minimum Gasteiger partial charge on any atom is -0.379 e. The Morgan fingerprint density at radius 2 is 2.41 bits per heavy atom. The van der Waals surface area contributed by atoms with Gasteiger partial charge in [-0.3, -0.25) is 9.69 Å². The van der Waals surface area contributed by atoms with Crippen LogP contribution >= 0.6 is 0 Å². The second-order valence-electron chi connectivity index (χ2n) is 5.52. The number of piperidine rings is 1. The first-order valence-corrected chi connectivity index (χ1v) is 6.74. The molecule has 3 nitrogen and oxygen atoms in total. The first kappa shape index (κ1) is 11.4. The highest BCUT2D eigenvalue weighted by Gasteiger charge is 2.64. The predicted molar refractivity (Wildman–Crippen MR) is 65.8 cm³/mol. The Bertz CT molecular complexity index is 365. The summed E-state index contributed by atoms with van der Waals surface area (Å²) in [5.41, 5.74) is -0.106. The van der Waals surface area contributed by atoms with Crippen LogP contribution in [0.3, 0.4) is 0 Å². The van der Waals surface area contributed by atoms with Gasteiger partial charge >= 0.3 is 0 Å². The molecule has 3 aliphatic rings. The van der Waals surface area contributed by atoms with Crippen molar-refractivity contribution in [3.63, 3.8) is 0 Å². The molecule has 4 bridgehead atoms. The van der Waals surface area contributed by atoms with Gasteiger partial charge in [0, 0.05) is 32.0 Å². The number of ketones is 1. The van der Waals surface area contributed by atoms with Crippen LogP contribution in [0.2, 0.25) is 0 Å². The molecule has 3 rings (SSSR count). The third-order valence-electron chi connectivity index (χ3n) is 4.89. The van der Waals surface area contributed by atoms with E-state index in [1.165, 1.54) is 0 Å². The number of nitrogens with zero attached hydrogens (tertiary/aromatic N) is 1. The first-order valence-electron chi connectivity index (χ1n) is 6.74. The van der Waals surface area contributed by atoms with E-state index in [2.05, 4.69) is 24.0 Å². The Balaban J connectivity index is 2.05. The Morgan fingerprint density at radius 3 is 3.12 bits per heavy atom. The van der Waals surface area contributed by atoms with E-state index in [9.17, 15) is 4.79 Å². The molecule has 0 N–H and O–H groups in total. The number of carbonyl (C=O) groups excluding carboxylic acids is 1. The molecule has 0 aromatic heterocycles. The number of methoxy groups -OCH3 is 1. The maximum atomic E-state index is 12.2. The second kappa shape index (κ2) is 3.92. The minimum atomic E-state index is -0.106. The van der Waals surface area contributed by atoms with Crippen LogP contribution in [-0.4, -0.2) is 42.0 Å². The van der Waals surface area contributed by atoms with Crippen molar-refractivity contribution in [3.05, 3.63) is 12.2 Å². The van der Waals surface area contributed by atoms with Gasteiger partial charge in [0.1, 0.15) is 5.78 Å². The van der Waals surface area contributed by atoms with Crippen molar-refractivity contribution in [2.45, 2.75) is 50.3 Å². The van der Waals surface area contributed by atoms with Crippen LogP contribution in [0.1, 0.15) is 32.6 Å². The quantitative estimate of drug-likeness (QED) is 0.698. The van der Waals surface area contributed by atoms with Crippen LogP contribution in [-0.2, 0) is 9.53 Å². The summed E-state index contributed by atoms with van der Waals surface area (Å²) in [5, 5.41) is 0. The summed E-state index contributed by atoms with van der Waals surface area (Å²) in [6.45, 7) is 3.21. The topological polar surface area (TPSA) is 29.5 Å². The molecule has 0 aromatic carbocycles. The number of Topliss-reactive ketones (excluding diaryl/α,β-unsaturated/α-hetero) is 1. The van der Waals surface area contributed by atoms with Crippen LogP contribution in [0.15, 0.2) is 12.2 Å². The number of rotatable bonds is 3. The van der Waals surface area contributed by atoms with Crippen molar-refractivity contribution in [3.8, 4) is 0 Å². The summed E-state index contributed by atoms with van der Waals surface area (Å²) < 4.78 is 5.71. The standard InChI is InChI=1S/C14H21NO2/c1-3-4-6-14-11-5-7-15(14)10(8-12(11)16)9-13(14)17-2/h4,6,10-11,13H,3,5,7-9H2,1-2H3/b6-4+/t10-,11+,13+,14+/m1/s1. The molecule has 3 heteroatoms. The lowest BCUT2D eigenvalue weighted by Crippen LogP contribution is -2.56. The SMILES string of the molecule is CC/C=C/[C@@]12[C@@H](OC)C[C@H]3CC(=O)[C@@H]1CCN32. The van der Waals surface area contributed by atoms with E-state index in [1.807, 2.05) is 0 Å². The van der Waals surface area contributed by atoms with E-state index in [4.69, 9.17) is 4.74 Å². The third-order valence-corrected chi connectivity index (χ3v) is 4.89. The highest BCUT2D eigenvalue weighted by Crippen LogP contribution is 2.53. The Kier molecular flexibility index (Phi) is 2.64. The molecule has 0 spiro atoms. The predicted octanol–water partition coefficient (Wildman–Crippen LogP) is 1.77. The average Bonchev–Trinajstić information content (AvgIpc) is 2.73. The van der Waals surface area contributed by atoms with Crippen molar-refractivity contribution in [2.75, 3.05) is 13.7 Å². The molecule has 1 unspecified atom stereocenters. The molecule has 3 aliphatic heterocycles. The van der Waals surface area contributed by atoms with Crippen molar-refractivity contribution in [2.24, 2.45) is 5.92 Å². The molecule has 3 saturated heterocycles. The maximum Gasteiger partial charge on any atom is 0.139 e. The van der Waals surface area contributed by atoms with E-state index >= 15 is 0 Å². The molecule has 0 saturated carbocycles. The van der Waals surface area contributed by atoms with Gasteiger partial charge in [0.25, 0.3) is 0 Å². The van der Waals surface area contributed by atoms with Crippen LogP contribution in [0, 0.1) is 5.92 Å². The Morgan fingerprint density at radius 1 is 1.59 bits per heavy atom. The summed E-state index contributed by atoms with van der Waals surface area (Å²) in [4.78, 5) is 14.8. The van der Waals surface area contributed by atoms with E-state index in [0.717, 1.165) is 32.2 Å². The summed E-state index contributed by atoms with van der Waals surface area (Å²) in [7, 11) is 1.79. The van der Waals surface area contributed by atoms with Gasteiger partial charge in [0.2, 0.25) is 0 Å². The number of hydrogen-bond donors (Lipinski definition) is 0. The van der Waals surface area contributed by atoms with Gasteiger partial charge in [0.15, 0.2) is 0 Å². The third kappa shape index (κ3) is 1.33. The highest BCUT2D eigenvalue weighted by molar-refractivity contribution is 5.86. The average molecular weight is 235 g/mol. The zero-order valence-electron chi connectivity index (χ0n) is 10.7. The fraction of sp³-hybridized carbons (Fsp3) is 0.786. The normalized spacial score (nSPS) is 48.2. The van der Waals surface area contributed by atoms with Gasteiger partial charge < -0.3 is 4.74 Å². The fourth-order valence-electron chi connectivity index (χ4n) is 4.26. The number of hydrogen-bond acceptors (Lipinski definition) is 3. The number of allylic oxidation sites excluding steroid dienone is 1. The summed E-state index contributed by atoms with van der Waals surface area (Å²) in [6.07, 6.45) is 8.49. The Hall–Kier alpha value is -0.670. The molecular formula is C14H21NO2. The van der Waals surface area contributed by atoms with Crippen molar-refractivity contribution >= 4 is 5.78 Å². The zero-order valence-corrected chi connectivity index (χ0v) is 10.7. The molecule has 0 radical (unpaired) electrons. The van der Waals surface area contributed by atoms with Gasteiger partial charge in [-0.1, -0.05) is 19.1 Å². The van der Waals surface area contributed by atoms with Gasteiger partial charge in [-0.15, -0.1) is 0 Å². The lowest BCUT2D eigenvalue weighted by molar-refractivity contribution is -0.130. The van der Waals surface area contributed by atoms with Gasteiger partial charge in [-0.05, 0) is 19.3 Å². The first-order chi connectivity index (χ1) is 8.24. The monoisotopic (exact) mass is 235 g/mol. The van der Waals surface area contributed by atoms with Crippen molar-refractivity contribution in [1.29, 1.82) is 0 Å². The van der Waals surface area contributed by atoms with Crippen LogP contribution in [0.4, 0.5) is 0 Å². The van der Waals surface area contributed by atoms with Gasteiger partial charge in [0.05, 0.1) is 11.6 Å². The fourth-order valence-corrected chi connectivity index (χ4v) is 4.26. The Labute approximate surface area is 103 Å². The van der Waals surface area contributed by atoms with E-state index in [-0.39, 0.29) is 17.6 Å². The lowest BCUT2D eigenvalue weighted by Gasteiger charge is -2.42. The molecule has 0 aromatic rings. The molecule has 5 atom stereocenters. The molecule has 94 valence electrons. The van der Waals surface area contributed by atoms with Crippen molar-refractivity contribution < 1.29 is 9.53 Å². The number of ether oxygens (including phenoxy) is 1. The van der Waals surface area contributed by atoms with Crippen LogP contribution in [0.5, 0.6) is 0 Å². The molecular weight excluding hydrogens is 214 g/mol. The van der Waals surface area contributed by atoms with E-state index in [0.29, 0.717) is 11.8 Å². The van der Waals surface area contributed by atoms with E-state index < -0.39 is 0 Å². The highest BCUT2D eigenvalue weighted by atomic mass is 16.5. The maximum absolute atomic E-state index is 12.2. The number of carbonyl (C=O) groups is 1. The molecule has 3 fully saturated rings. The van der Waals surface area contributed by atoms with Crippen LogP contribution in [0.25, 0.3) is 0 Å². The van der Waals surface area contributed by atoms with Crippen molar-refractivity contribution in [1.82, 2.24) is 4.90 Å². The zero-order chi connectivity index (χ0) is 12.0. The second-order valence-corrected chi connectivity index (χ2v) is 5.52. The van der Waals surface area contributed by atoms with Gasteiger partial charge in [-0.25, -0.2) is 0 Å². The smallest absolute Gasteiger partial charge is 0.139 e. The van der Waals surface area contributed by atoms with Crippen LogP contribution < -0.4 is 0 Å². The lowest BCUT2D eigenvalue weighted by atomic mass is 9.77. The molecule has 0 aliphatic carbocycles. The molecule has 0 amide bonds. The summed E-state index contributed by atoms with van der Waals surface area (Å²) in [6, 6.07) is 0.424. The largest absolute Gasteiger partial charge is 0.379 e.